The van der Waals surface area contributed by atoms with Gasteiger partial charge < -0.3 is 15.8 Å². The monoisotopic (exact) mass is 268 g/mol. The number of ether oxygens (including phenoxy) is 1. The first kappa shape index (κ1) is 14.1. The third-order valence-electron chi connectivity index (χ3n) is 2.53. The summed E-state index contributed by atoms with van der Waals surface area (Å²) in [5, 5.41) is 2.93. The Labute approximate surface area is 103 Å². The summed E-state index contributed by atoms with van der Waals surface area (Å²) in [4.78, 5) is 0. The van der Waals surface area contributed by atoms with Crippen LogP contribution >= 0.6 is 12.4 Å². The second kappa shape index (κ2) is 4.72. The fourth-order valence-corrected chi connectivity index (χ4v) is 1.68. The lowest BCUT2D eigenvalue weighted by molar-refractivity contribution is -0.275. The Balaban J connectivity index is 0.00000144. The molecule has 17 heavy (non-hydrogen) atoms. The maximum Gasteiger partial charge on any atom is 0.573 e. The number of para-hydroxylation sites is 1. The van der Waals surface area contributed by atoms with Crippen LogP contribution in [0.2, 0.25) is 0 Å². The van der Waals surface area contributed by atoms with Gasteiger partial charge in [0.15, 0.2) is 0 Å². The molecule has 2 rings (SSSR count). The molecule has 0 aliphatic carbocycles. The van der Waals surface area contributed by atoms with E-state index in [1.807, 2.05) is 0 Å². The van der Waals surface area contributed by atoms with Crippen LogP contribution < -0.4 is 15.8 Å². The highest BCUT2D eigenvalue weighted by Gasteiger charge is 2.39. The maximum absolute atomic E-state index is 12.2. The fourth-order valence-electron chi connectivity index (χ4n) is 1.68. The van der Waals surface area contributed by atoms with Gasteiger partial charge in [-0.05, 0) is 6.07 Å². The molecular formula is C10H12ClF3N2O. The smallest absolute Gasteiger partial charge is 0.405 e. The lowest BCUT2D eigenvalue weighted by Crippen LogP contribution is -2.62. The maximum atomic E-state index is 12.2. The van der Waals surface area contributed by atoms with E-state index >= 15 is 0 Å². The Morgan fingerprint density at radius 2 is 1.82 bits per heavy atom. The highest BCUT2D eigenvalue weighted by atomic mass is 35.5. The summed E-state index contributed by atoms with van der Waals surface area (Å²) in [5.74, 6) is -0.223. The Bertz CT molecular complexity index is 393. The highest BCUT2D eigenvalue weighted by molar-refractivity contribution is 5.85. The van der Waals surface area contributed by atoms with E-state index in [1.165, 1.54) is 12.1 Å². The molecule has 0 saturated carbocycles. The van der Waals surface area contributed by atoms with Gasteiger partial charge in [0.2, 0.25) is 0 Å². The average Bonchev–Trinajstić information content (AvgIpc) is 2.12. The van der Waals surface area contributed by atoms with Gasteiger partial charge in [-0.1, -0.05) is 18.2 Å². The molecule has 1 aromatic rings. The molecule has 0 amide bonds. The molecule has 1 aliphatic heterocycles. The van der Waals surface area contributed by atoms with Gasteiger partial charge >= 0.3 is 6.36 Å². The molecule has 1 fully saturated rings. The van der Waals surface area contributed by atoms with Crippen LogP contribution in [0.3, 0.4) is 0 Å². The molecule has 0 atom stereocenters. The van der Waals surface area contributed by atoms with Gasteiger partial charge in [0, 0.05) is 18.7 Å². The van der Waals surface area contributed by atoms with E-state index in [0.29, 0.717) is 18.7 Å². The van der Waals surface area contributed by atoms with Crippen LogP contribution in [0.25, 0.3) is 0 Å². The molecule has 1 heterocycles. The molecule has 7 heteroatoms. The van der Waals surface area contributed by atoms with E-state index in [1.54, 1.807) is 12.1 Å². The Hall–Kier alpha value is -0.980. The molecule has 1 aliphatic rings. The van der Waals surface area contributed by atoms with Gasteiger partial charge in [-0.3, -0.25) is 0 Å². The van der Waals surface area contributed by atoms with Crippen molar-refractivity contribution in [1.29, 1.82) is 0 Å². The molecular weight excluding hydrogens is 257 g/mol. The van der Waals surface area contributed by atoms with Crippen molar-refractivity contribution in [3.63, 3.8) is 0 Å². The number of halogens is 4. The van der Waals surface area contributed by atoms with Crippen LogP contribution in [-0.2, 0) is 5.54 Å². The molecule has 3 nitrogen and oxygen atoms in total. The summed E-state index contributed by atoms with van der Waals surface area (Å²) in [6, 6.07) is 5.96. The van der Waals surface area contributed by atoms with E-state index < -0.39 is 11.9 Å². The van der Waals surface area contributed by atoms with E-state index in [0.717, 1.165) is 0 Å². The summed E-state index contributed by atoms with van der Waals surface area (Å²) in [7, 11) is 0. The number of nitrogens with one attached hydrogen (secondary N) is 1. The van der Waals surface area contributed by atoms with Gasteiger partial charge in [-0.25, -0.2) is 0 Å². The summed E-state index contributed by atoms with van der Waals surface area (Å²) in [6.45, 7) is 0.899. The van der Waals surface area contributed by atoms with Crippen molar-refractivity contribution in [1.82, 2.24) is 5.32 Å². The first-order valence-electron chi connectivity index (χ1n) is 4.76. The Kier molecular flexibility index (Phi) is 3.91. The Morgan fingerprint density at radius 3 is 2.29 bits per heavy atom. The summed E-state index contributed by atoms with van der Waals surface area (Å²) in [6.07, 6.45) is -4.69. The highest BCUT2D eigenvalue weighted by Crippen LogP contribution is 2.33. The standard InChI is InChI=1S/C10H11F3N2O.ClH/c11-10(12,13)16-8-4-2-1-3-7(8)9(14)5-15-6-9;/h1-4,15H,5-6,14H2;1H. The lowest BCUT2D eigenvalue weighted by atomic mass is 9.85. The van der Waals surface area contributed by atoms with Crippen molar-refractivity contribution in [3.8, 4) is 5.75 Å². The van der Waals surface area contributed by atoms with Gasteiger partial charge in [0.25, 0.3) is 0 Å². The second-order valence-electron chi connectivity index (χ2n) is 3.80. The molecule has 0 radical (unpaired) electrons. The summed E-state index contributed by atoms with van der Waals surface area (Å²) in [5.41, 5.74) is 5.55. The van der Waals surface area contributed by atoms with Crippen molar-refractivity contribution in [3.05, 3.63) is 29.8 Å². The molecule has 0 spiro atoms. The zero-order valence-electron chi connectivity index (χ0n) is 8.75. The predicted octanol–water partition coefficient (Wildman–Crippen LogP) is 1.76. The van der Waals surface area contributed by atoms with E-state index in [2.05, 4.69) is 10.1 Å². The van der Waals surface area contributed by atoms with Crippen molar-refractivity contribution in [2.75, 3.05) is 13.1 Å². The lowest BCUT2D eigenvalue weighted by Gasteiger charge is -2.40. The first-order valence-corrected chi connectivity index (χ1v) is 4.76. The number of benzene rings is 1. The predicted molar refractivity (Wildman–Crippen MR) is 59.1 cm³/mol. The summed E-state index contributed by atoms with van der Waals surface area (Å²) < 4.78 is 40.4. The number of hydrogen-bond acceptors (Lipinski definition) is 3. The van der Waals surface area contributed by atoms with Crippen molar-refractivity contribution >= 4 is 12.4 Å². The fraction of sp³-hybridized carbons (Fsp3) is 0.400. The average molecular weight is 269 g/mol. The number of rotatable bonds is 2. The quantitative estimate of drug-likeness (QED) is 0.859. The topological polar surface area (TPSA) is 47.3 Å². The van der Waals surface area contributed by atoms with Gasteiger partial charge in [-0.15, -0.1) is 25.6 Å². The van der Waals surface area contributed by atoms with Crippen molar-refractivity contribution in [2.24, 2.45) is 5.73 Å². The molecule has 0 bridgehead atoms. The summed E-state index contributed by atoms with van der Waals surface area (Å²) >= 11 is 0. The van der Waals surface area contributed by atoms with Crippen LogP contribution in [0.5, 0.6) is 5.75 Å². The zero-order chi connectivity index (χ0) is 11.8. The molecule has 0 aromatic heterocycles. The van der Waals surface area contributed by atoms with Gasteiger partial charge in [-0.2, -0.15) is 0 Å². The van der Waals surface area contributed by atoms with Gasteiger partial charge in [0.05, 0.1) is 5.54 Å². The number of hydrogen-bond donors (Lipinski definition) is 2. The largest absolute Gasteiger partial charge is 0.573 e. The Morgan fingerprint density at radius 1 is 1.24 bits per heavy atom. The molecule has 1 aromatic carbocycles. The molecule has 3 N–H and O–H groups in total. The number of alkyl halides is 3. The molecule has 0 unspecified atom stereocenters. The minimum atomic E-state index is -4.69. The third-order valence-corrected chi connectivity index (χ3v) is 2.53. The van der Waals surface area contributed by atoms with Crippen LogP contribution in [0.15, 0.2) is 24.3 Å². The zero-order valence-corrected chi connectivity index (χ0v) is 9.57. The normalized spacial score (nSPS) is 17.9. The third kappa shape index (κ3) is 3.02. The van der Waals surface area contributed by atoms with Crippen LogP contribution in [0.1, 0.15) is 5.56 Å². The second-order valence-corrected chi connectivity index (χ2v) is 3.80. The molecule has 1 saturated heterocycles. The SMILES string of the molecule is Cl.NC1(c2ccccc2OC(F)(F)F)CNC1. The van der Waals surface area contributed by atoms with Crippen LogP contribution in [0, 0.1) is 0 Å². The number of nitrogens with two attached hydrogens (primary N) is 1. The molecule has 96 valence electrons. The van der Waals surface area contributed by atoms with Crippen LogP contribution in [0.4, 0.5) is 13.2 Å². The van der Waals surface area contributed by atoms with Crippen molar-refractivity contribution in [2.45, 2.75) is 11.9 Å². The van der Waals surface area contributed by atoms with E-state index in [9.17, 15) is 13.2 Å². The first-order chi connectivity index (χ1) is 7.41. The van der Waals surface area contributed by atoms with Crippen LogP contribution in [-0.4, -0.2) is 19.5 Å². The van der Waals surface area contributed by atoms with E-state index in [-0.39, 0.29) is 18.2 Å². The minimum absolute atomic E-state index is 0. The van der Waals surface area contributed by atoms with E-state index in [4.69, 9.17) is 5.73 Å². The minimum Gasteiger partial charge on any atom is -0.405 e. The van der Waals surface area contributed by atoms with Gasteiger partial charge in [0.1, 0.15) is 5.75 Å². The van der Waals surface area contributed by atoms with Crippen molar-refractivity contribution < 1.29 is 17.9 Å².